The van der Waals surface area contributed by atoms with Gasteiger partial charge >= 0.3 is 0 Å². The Labute approximate surface area is 108 Å². The molecule has 1 saturated carbocycles. The van der Waals surface area contributed by atoms with Gasteiger partial charge in [0.25, 0.3) is 5.91 Å². The summed E-state index contributed by atoms with van der Waals surface area (Å²) < 4.78 is 13.5. The molecule has 0 spiro atoms. The van der Waals surface area contributed by atoms with Crippen molar-refractivity contribution < 1.29 is 9.18 Å². The third kappa shape index (κ3) is 3.17. The van der Waals surface area contributed by atoms with Crippen molar-refractivity contribution in [2.75, 3.05) is 6.54 Å². The molecule has 86 valence electrons. The summed E-state index contributed by atoms with van der Waals surface area (Å²) in [7, 11) is 0. The fourth-order valence-corrected chi connectivity index (χ4v) is 2.29. The largest absolute Gasteiger partial charge is 0.352 e. The summed E-state index contributed by atoms with van der Waals surface area (Å²) in [5.41, 5.74) is 0.554. The SMILES string of the molecule is O=C(NCCC1CC1)c1ccc(F)cc1I. The predicted octanol–water partition coefficient (Wildman–Crippen LogP) is 2.96. The second kappa shape index (κ2) is 5.12. The Hall–Kier alpha value is -0.650. The van der Waals surface area contributed by atoms with Gasteiger partial charge in [-0.2, -0.15) is 0 Å². The first-order valence-corrected chi connectivity index (χ1v) is 6.48. The van der Waals surface area contributed by atoms with Crippen LogP contribution in [0, 0.1) is 15.3 Å². The molecule has 0 bridgehead atoms. The lowest BCUT2D eigenvalue weighted by molar-refractivity contribution is 0.0952. The standard InChI is InChI=1S/C12H13FINO/c13-9-3-4-10(11(14)7-9)12(16)15-6-5-8-1-2-8/h3-4,7-8H,1-2,5-6H2,(H,15,16). The van der Waals surface area contributed by atoms with Crippen molar-refractivity contribution in [3.8, 4) is 0 Å². The maximum atomic E-state index is 12.8. The molecule has 0 saturated heterocycles. The third-order valence-corrected chi connectivity index (χ3v) is 3.60. The number of rotatable bonds is 4. The molecule has 1 amide bonds. The summed E-state index contributed by atoms with van der Waals surface area (Å²) >= 11 is 1.98. The molecule has 0 unspecified atom stereocenters. The van der Waals surface area contributed by atoms with Crippen LogP contribution in [0.4, 0.5) is 4.39 Å². The van der Waals surface area contributed by atoms with E-state index in [1.54, 1.807) is 0 Å². The molecule has 2 rings (SSSR count). The molecular formula is C12H13FINO. The number of hydrogen-bond donors (Lipinski definition) is 1. The lowest BCUT2D eigenvalue weighted by Gasteiger charge is -2.06. The molecule has 0 atom stereocenters. The molecule has 1 aliphatic carbocycles. The molecule has 1 fully saturated rings. The van der Waals surface area contributed by atoms with Crippen molar-refractivity contribution in [2.24, 2.45) is 5.92 Å². The van der Waals surface area contributed by atoms with Crippen LogP contribution in [0.25, 0.3) is 0 Å². The van der Waals surface area contributed by atoms with E-state index in [1.165, 1.54) is 31.0 Å². The molecule has 16 heavy (non-hydrogen) atoms. The summed E-state index contributed by atoms with van der Waals surface area (Å²) in [5.74, 6) is 0.400. The number of benzene rings is 1. The predicted molar refractivity (Wildman–Crippen MR) is 68.8 cm³/mol. The number of carbonyl (C=O) groups excluding carboxylic acids is 1. The molecule has 0 aliphatic heterocycles. The summed E-state index contributed by atoms with van der Waals surface area (Å²) in [5, 5.41) is 2.86. The van der Waals surface area contributed by atoms with Gasteiger partial charge < -0.3 is 5.32 Å². The number of carbonyl (C=O) groups is 1. The molecule has 1 aliphatic rings. The minimum Gasteiger partial charge on any atom is -0.352 e. The van der Waals surface area contributed by atoms with Crippen LogP contribution in [0.1, 0.15) is 29.6 Å². The minimum atomic E-state index is -0.307. The van der Waals surface area contributed by atoms with Gasteiger partial charge in [0.05, 0.1) is 5.56 Å². The monoisotopic (exact) mass is 333 g/mol. The van der Waals surface area contributed by atoms with Gasteiger partial charge in [0.2, 0.25) is 0 Å². The first-order chi connectivity index (χ1) is 7.66. The maximum Gasteiger partial charge on any atom is 0.252 e. The second-order valence-electron chi connectivity index (χ2n) is 4.11. The number of hydrogen-bond acceptors (Lipinski definition) is 1. The summed E-state index contributed by atoms with van der Waals surface area (Å²) in [6.45, 7) is 0.719. The van der Waals surface area contributed by atoms with Gasteiger partial charge in [0.1, 0.15) is 5.82 Å². The van der Waals surface area contributed by atoms with E-state index < -0.39 is 0 Å². The first-order valence-electron chi connectivity index (χ1n) is 5.40. The van der Waals surface area contributed by atoms with E-state index in [0.29, 0.717) is 9.13 Å². The smallest absolute Gasteiger partial charge is 0.252 e. The fourth-order valence-electron chi connectivity index (χ4n) is 1.57. The topological polar surface area (TPSA) is 29.1 Å². The Morgan fingerprint density at radius 2 is 2.25 bits per heavy atom. The van der Waals surface area contributed by atoms with Gasteiger partial charge in [0.15, 0.2) is 0 Å². The zero-order chi connectivity index (χ0) is 11.5. The maximum absolute atomic E-state index is 12.8. The van der Waals surface area contributed by atoms with E-state index in [4.69, 9.17) is 0 Å². The van der Waals surface area contributed by atoms with Gasteiger partial charge in [-0.25, -0.2) is 4.39 Å². The average Bonchev–Trinajstić information content (AvgIpc) is 3.01. The molecule has 0 aromatic heterocycles. The van der Waals surface area contributed by atoms with E-state index in [0.717, 1.165) is 18.9 Å². The van der Waals surface area contributed by atoms with Gasteiger partial charge in [0, 0.05) is 10.1 Å². The lowest BCUT2D eigenvalue weighted by atomic mass is 10.2. The Kier molecular flexibility index (Phi) is 3.78. The van der Waals surface area contributed by atoms with Crippen LogP contribution in [0.15, 0.2) is 18.2 Å². The van der Waals surface area contributed by atoms with Gasteiger partial charge in [-0.15, -0.1) is 0 Å². The zero-order valence-electron chi connectivity index (χ0n) is 8.80. The van der Waals surface area contributed by atoms with Crippen molar-refractivity contribution in [3.05, 3.63) is 33.1 Å². The molecule has 0 heterocycles. The number of amides is 1. The minimum absolute atomic E-state index is 0.106. The van der Waals surface area contributed by atoms with Crippen LogP contribution in [-0.4, -0.2) is 12.5 Å². The van der Waals surface area contributed by atoms with Crippen molar-refractivity contribution in [1.29, 1.82) is 0 Å². The highest BCUT2D eigenvalue weighted by atomic mass is 127. The lowest BCUT2D eigenvalue weighted by Crippen LogP contribution is -2.25. The molecule has 1 aromatic carbocycles. The summed E-state index contributed by atoms with van der Waals surface area (Å²) in [6, 6.07) is 4.22. The summed E-state index contributed by atoms with van der Waals surface area (Å²) in [4.78, 5) is 11.7. The van der Waals surface area contributed by atoms with Crippen molar-refractivity contribution in [3.63, 3.8) is 0 Å². The Bertz CT molecular complexity index is 404. The van der Waals surface area contributed by atoms with E-state index in [9.17, 15) is 9.18 Å². The Morgan fingerprint density at radius 1 is 1.50 bits per heavy atom. The molecule has 2 nitrogen and oxygen atoms in total. The van der Waals surface area contributed by atoms with Crippen LogP contribution in [0.5, 0.6) is 0 Å². The van der Waals surface area contributed by atoms with Gasteiger partial charge in [-0.1, -0.05) is 12.8 Å². The van der Waals surface area contributed by atoms with Crippen LogP contribution < -0.4 is 5.32 Å². The average molecular weight is 333 g/mol. The zero-order valence-corrected chi connectivity index (χ0v) is 11.0. The molecule has 1 aromatic rings. The highest BCUT2D eigenvalue weighted by Crippen LogP contribution is 2.31. The Balaban J connectivity index is 1.91. The highest BCUT2D eigenvalue weighted by molar-refractivity contribution is 14.1. The van der Waals surface area contributed by atoms with Gasteiger partial charge in [-0.3, -0.25) is 4.79 Å². The Morgan fingerprint density at radius 3 is 2.88 bits per heavy atom. The quantitative estimate of drug-likeness (QED) is 0.844. The second-order valence-corrected chi connectivity index (χ2v) is 5.27. The number of halogens is 2. The van der Waals surface area contributed by atoms with Crippen molar-refractivity contribution >= 4 is 28.5 Å². The highest BCUT2D eigenvalue weighted by Gasteiger charge is 2.20. The first kappa shape index (κ1) is 11.8. The number of nitrogens with one attached hydrogen (secondary N) is 1. The van der Waals surface area contributed by atoms with E-state index in [1.807, 2.05) is 22.6 Å². The van der Waals surface area contributed by atoms with Crippen LogP contribution >= 0.6 is 22.6 Å². The van der Waals surface area contributed by atoms with Crippen LogP contribution in [-0.2, 0) is 0 Å². The van der Waals surface area contributed by atoms with Gasteiger partial charge in [-0.05, 0) is 53.1 Å². The van der Waals surface area contributed by atoms with E-state index >= 15 is 0 Å². The third-order valence-electron chi connectivity index (χ3n) is 2.71. The molecule has 0 radical (unpaired) electrons. The molecule has 4 heteroatoms. The normalized spacial score (nSPS) is 14.9. The van der Waals surface area contributed by atoms with Crippen molar-refractivity contribution in [1.82, 2.24) is 5.32 Å². The molecular weight excluding hydrogens is 320 g/mol. The van der Waals surface area contributed by atoms with Crippen molar-refractivity contribution in [2.45, 2.75) is 19.3 Å². The van der Waals surface area contributed by atoms with Crippen LogP contribution in [0.2, 0.25) is 0 Å². The van der Waals surface area contributed by atoms with Crippen LogP contribution in [0.3, 0.4) is 0 Å². The summed E-state index contributed by atoms with van der Waals surface area (Å²) in [6.07, 6.45) is 3.65. The van der Waals surface area contributed by atoms with E-state index in [-0.39, 0.29) is 11.7 Å². The fraction of sp³-hybridized carbons (Fsp3) is 0.417. The van der Waals surface area contributed by atoms with E-state index in [2.05, 4.69) is 5.32 Å². The molecule has 1 N–H and O–H groups in total.